The monoisotopic (exact) mass is 311 g/mol. The number of ketones is 1. The van der Waals surface area contributed by atoms with Crippen molar-refractivity contribution in [2.45, 2.75) is 46.1 Å². The van der Waals surface area contributed by atoms with Crippen LogP contribution in [0.25, 0.3) is 0 Å². The van der Waals surface area contributed by atoms with E-state index in [0.717, 1.165) is 19.3 Å². The molecular weight excluding hydrogens is 290 g/mol. The van der Waals surface area contributed by atoms with Gasteiger partial charge in [0.1, 0.15) is 5.75 Å². The van der Waals surface area contributed by atoms with Gasteiger partial charge in [-0.15, -0.1) is 0 Å². The normalized spacial score (nSPS) is 11.8. The van der Waals surface area contributed by atoms with Gasteiger partial charge in [0.2, 0.25) is 0 Å². The Hall–Kier alpha value is -1.55. The molecule has 0 spiro atoms. The molecule has 1 amide bonds. The summed E-state index contributed by atoms with van der Waals surface area (Å²) in [5.41, 5.74) is 0.518. The van der Waals surface area contributed by atoms with E-state index in [4.69, 9.17) is 16.3 Å². The van der Waals surface area contributed by atoms with Crippen molar-refractivity contribution < 1.29 is 14.3 Å². The predicted octanol–water partition coefficient (Wildman–Crippen LogP) is 3.62. The summed E-state index contributed by atoms with van der Waals surface area (Å²) in [7, 11) is 0. The van der Waals surface area contributed by atoms with Crippen LogP contribution in [-0.4, -0.2) is 24.3 Å². The third-order valence-corrected chi connectivity index (χ3v) is 3.39. The van der Waals surface area contributed by atoms with Gasteiger partial charge in [0.25, 0.3) is 5.91 Å². The Morgan fingerprint density at radius 3 is 2.62 bits per heavy atom. The molecule has 5 heteroatoms. The maximum absolute atomic E-state index is 11.9. The van der Waals surface area contributed by atoms with E-state index >= 15 is 0 Å². The molecule has 1 N–H and O–H groups in total. The van der Waals surface area contributed by atoms with Crippen LogP contribution in [-0.2, 0) is 4.79 Å². The maximum Gasteiger partial charge on any atom is 0.260 e. The Bertz CT molecular complexity index is 502. The summed E-state index contributed by atoms with van der Waals surface area (Å²) >= 11 is 6.06. The molecular formula is C16H22ClNO3. The van der Waals surface area contributed by atoms with Crippen LogP contribution in [0, 0.1) is 0 Å². The molecule has 0 aromatic heterocycles. The van der Waals surface area contributed by atoms with Crippen LogP contribution in [0.3, 0.4) is 0 Å². The number of nitrogens with one attached hydrogen (secondary N) is 1. The van der Waals surface area contributed by atoms with E-state index in [2.05, 4.69) is 12.2 Å². The molecule has 1 aromatic carbocycles. The molecule has 0 fully saturated rings. The number of ether oxygens (including phenoxy) is 1. The SMILES string of the molecule is CCCCCNC(=O)C(C)Oc1ccc(C(C)=O)cc1Cl. The minimum Gasteiger partial charge on any atom is -0.479 e. The molecule has 4 nitrogen and oxygen atoms in total. The van der Waals surface area contributed by atoms with Gasteiger partial charge in [-0.3, -0.25) is 9.59 Å². The Labute approximate surface area is 130 Å². The van der Waals surface area contributed by atoms with Gasteiger partial charge in [-0.05, 0) is 38.5 Å². The van der Waals surface area contributed by atoms with Gasteiger partial charge < -0.3 is 10.1 Å². The first-order valence-corrected chi connectivity index (χ1v) is 7.58. The van der Waals surface area contributed by atoms with Crippen molar-refractivity contribution in [2.75, 3.05) is 6.54 Å². The molecule has 0 aliphatic heterocycles. The number of unbranched alkanes of at least 4 members (excludes halogenated alkanes) is 2. The minimum absolute atomic E-state index is 0.0647. The van der Waals surface area contributed by atoms with E-state index in [9.17, 15) is 9.59 Å². The first kappa shape index (κ1) is 17.5. The summed E-state index contributed by atoms with van der Waals surface area (Å²) in [5.74, 6) is 0.167. The first-order valence-electron chi connectivity index (χ1n) is 7.20. The number of carbonyl (C=O) groups is 2. The lowest BCUT2D eigenvalue weighted by atomic mass is 10.1. The molecule has 0 heterocycles. The third-order valence-electron chi connectivity index (χ3n) is 3.09. The lowest BCUT2D eigenvalue weighted by Gasteiger charge is -2.16. The molecule has 21 heavy (non-hydrogen) atoms. The van der Waals surface area contributed by atoms with Crippen LogP contribution in [0.2, 0.25) is 5.02 Å². The molecule has 0 saturated heterocycles. The largest absolute Gasteiger partial charge is 0.479 e. The zero-order chi connectivity index (χ0) is 15.8. The summed E-state index contributed by atoms with van der Waals surface area (Å²) in [6.07, 6.45) is 2.53. The summed E-state index contributed by atoms with van der Waals surface area (Å²) in [5, 5.41) is 3.15. The van der Waals surface area contributed by atoms with Crippen LogP contribution in [0.5, 0.6) is 5.75 Å². The summed E-state index contributed by atoms with van der Waals surface area (Å²) < 4.78 is 5.54. The number of rotatable bonds is 8. The lowest BCUT2D eigenvalue weighted by Crippen LogP contribution is -2.36. The average Bonchev–Trinajstić information content (AvgIpc) is 2.45. The molecule has 116 valence electrons. The highest BCUT2D eigenvalue weighted by Crippen LogP contribution is 2.26. The van der Waals surface area contributed by atoms with E-state index in [1.54, 1.807) is 25.1 Å². The number of hydrogen-bond acceptors (Lipinski definition) is 3. The standard InChI is InChI=1S/C16H22ClNO3/c1-4-5-6-9-18-16(20)12(3)21-15-8-7-13(11(2)19)10-14(15)17/h7-8,10,12H,4-6,9H2,1-3H3,(H,18,20). The Morgan fingerprint density at radius 1 is 1.33 bits per heavy atom. The lowest BCUT2D eigenvalue weighted by molar-refractivity contribution is -0.127. The first-order chi connectivity index (χ1) is 9.95. The van der Waals surface area contributed by atoms with Crippen LogP contribution < -0.4 is 10.1 Å². The highest BCUT2D eigenvalue weighted by atomic mass is 35.5. The van der Waals surface area contributed by atoms with E-state index in [0.29, 0.717) is 22.9 Å². The fraction of sp³-hybridized carbons (Fsp3) is 0.500. The van der Waals surface area contributed by atoms with Crippen molar-refractivity contribution in [2.24, 2.45) is 0 Å². The second-order valence-corrected chi connectivity index (χ2v) is 5.37. The topological polar surface area (TPSA) is 55.4 Å². The van der Waals surface area contributed by atoms with E-state index in [-0.39, 0.29) is 11.7 Å². The minimum atomic E-state index is -0.632. The smallest absolute Gasteiger partial charge is 0.260 e. The molecule has 0 radical (unpaired) electrons. The van der Waals surface area contributed by atoms with Gasteiger partial charge in [-0.2, -0.15) is 0 Å². The fourth-order valence-electron chi connectivity index (χ4n) is 1.79. The number of Topliss-reactive ketones (excluding diaryl/α,β-unsaturated/α-hetero) is 1. The average molecular weight is 312 g/mol. The summed E-state index contributed by atoms with van der Waals surface area (Å²) in [6.45, 7) is 5.90. The van der Waals surface area contributed by atoms with E-state index in [1.807, 2.05) is 0 Å². The number of halogens is 1. The Morgan fingerprint density at radius 2 is 2.05 bits per heavy atom. The van der Waals surface area contributed by atoms with Crippen molar-refractivity contribution in [3.8, 4) is 5.75 Å². The van der Waals surface area contributed by atoms with Crippen molar-refractivity contribution in [3.05, 3.63) is 28.8 Å². The third kappa shape index (κ3) is 5.76. The number of carbonyl (C=O) groups excluding carboxylic acids is 2. The number of benzene rings is 1. The second kappa shape index (κ2) is 8.67. The molecule has 1 aromatic rings. The van der Waals surface area contributed by atoms with Crippen LogP contribution in [0.15, 0.2) is 18.2 Å². The number of amides is 1. The summed E-state index contributed by atoms with van der Waals surface area (Å²) in [6, 6.07) is 4.79. The Kier molecular flexibility index (Phi) is 7.23. The second-order valence-electron chi connectivity index (χ2n) is 4.96. The summed E-state index contributed by atoms with van der Waals surface area (Å²) in [4.78, 5) is 23.1. The van der Waals surface area contributed by atoms with Crippen molar-refractivity contribution in [3.63, 3.8) is 0 Å². The molecule has 1 rings (SSSR count). The molecule has 1 unspecified atom stereocenters. The van der Waals surface area contributed by atoms with Crippen molar-refractivity contribution >= 4 is 23.3 Å². The molecule has 1 atom stereocenters. The van der Waals surface area contributed by atoms with Gasteiger partial charge >= 0.3 is 0 Å². The molecule has 0 bridgehead atoms. The molecule has 0 saturated carbocycles. The number of hydrogen-bond donors (Lipinski definition) is 1. The van der Waals surface area contributed by atoms with Gasteiger partial charge in [-0.1, -0.05) is 31.4 Å². The fourth-order valence-corrected chi connectivity index (χ4v) is 2.01. The Balaban J connectivity index is 2.56. The van der Waals surface area contributed by atoms with Crippen LogP contribution in [0.4, 0.5) is 0 Å². The highest BCUT2D eigenvalue weighted by molar-refractivity contribution is 6.32. The quantitative estimate of drug-likeness (QED) is 0.589. The van der Waals surface area contributed by atoms with Gasteiger partial charge in [0.05, 0.1) is 5.02 Å². The van der Waals surface area contributed by atoms with Gasteiger partial charge in [0.15, 0.2) is 11.9 Å². The van der Waals surface area contributed by atoms with Gasteiger partial charge in [-0.25, -0.2) is 0 Å². The van der Waals surface area contributed by atoms with Crippen LogP contribution in [0.1, 0.15) is 50.4 Å². The van der Waals surface area contributed by atoms with Crippen LogP contribution >= 0.6 is 11.6 Å². The molecule has 0 aliphatic rings. The van der Waals surface area contributed by atoms with E-state index in [1.165, 1.54) is 6.92 Å². The van der Waals surface area contributed by atoms with Crippen molar-refractivity contribution in [1.29, 1.82) is 0 Å². The zero-order valence-corrected chi connectivity index (χ0v) is 13.5. The van der Waals surface area contributed by atoms with E-state index < -0.39 is 6.10 Å². The van der Waals surface area contributed by atoms with Crippen molar-refractivity contribution in [1.82, 2.24) is 5.32 Å². The molecule has 0 aliphatic carbocycles. The zero-order valence-electron chi connectivity index (χ0n) is 12.7. The highest BCUT2D eigenvalue weighted by Gasteiger charge is 2.16. The predicted molar refractivity (Wildman–Crippen MR) is 84.1 cm³/mol. The maximum atomic E-state index is 11.9. The van der Waals surface area contributed by atoms with Gasteiger partial charge in [0, 0.05) is 12.1 Å².